The molecule has 29 heavy (non-hydrogen) atoms. The number of thiocarbonyl (C=S) groups is 1. The number of pyridine rings is 1. The molecule has 0 bridgehead atoms. The molecule has 0 aliphatic carbocycles. The topological polar surface area (TPSA) is 46.2 Å². The molecule has 2 N–H and O–H groups in total. The average molecular weight is 406 g/mol. The van der Waals surface area contributed by atoms with Gasteiger partial charge in [0.15, 0.2) is 5.11 Å². The number of anilines is 2. The van der Waals surface area contributed by atoms with Crippen molar-refractivity contribution < 1.29 is 4.74 Å². The maximum atomic E-state index is 6.20. The van der Waals surface area contributed by atoms with Crippen molar-refractivity contribution in [2.24, 2.45) is 0 Å². The minimum absolute atomic E-state index is 0.0429. The Morgan fingerprint density at radius 1 is 0.931 bits per heavy atom. The lowest BCUT2D eigenvalue weighted by atomic mass is 9.86. The Morgan fingerprint density at radius 2 is 1.66 bits per heavy atom. The van der Waals surface area contributed by atoms with Crippen LogP contribution in [0.1, 0.15) is 37.5 Å². The van der Waals surface area contributed by atoms with Gasteiger partial charge in [0, 0.05) is 17.4 Å². The zero-order chi connectivity index (χ0) is 21.0. The molecule has 0 fully saturated rings. The second kappa shape index (κ2) is 8.62. The lowest BCUT2D eigenvalue weighted by Crippen LogP contribution is -2.20. The molecule has 0 aliphatic heterocycles. The Bertz CT molecular complexity index is 1020. The van der Waals surface area contributed by atoms with Gasteiger partial charge >= 0.3 is 0 Å². The summed E-state index contributed by atoms with van der Waals surface area (Å²) in [6.45, 7) is 10.6. The number of hydrogen-bond donors (Lipinski definition) is 2. The van der Waals surface area contributed by atoms with Crippen LogP contribution in [0.2, 0.25) is 0 Å². The molecule has 4 nitrogen and oxygen atoms in total. The number of para-hydroxylation sites is 1. The molecule has 0 aliphatic rings. The first kappa shape index (κ1) is 20.8. The van der Waals surface area contributed by atoms with Crippen molar-refractivity contribution in [2.45, 2.75) is 40.0 Å². The fourth-order valence-corrected chi connectivity index (χ4v) is 3.30. The number of aromatic nitrogens is 1. The second-order valence-corrected chi connectivity index (χ2v) is 8.51. The quantitative estimate of drug-likeness (QED) is 0.479. The van der Waals surface area contributed by atoms with Crippen LogP contribution in [0.5, 0.6) is 11.6 Å². The number of nitrogens with one attached hydrogen (secondary N) is 2. The largest absolute Gasteiger partial charge is 0.437 e. The zero-order valence-corrected chi connectivity index (χ0v) is 18.4. The van der Waals surface area contributed by atoms with Gasteiger partial charge in [-0.15, -0.1) is 0 Å². The van der Waals surface area contributed by atoms with Crippen molar-refractivity contribution in [1.82, 2.24) is 4.98 Å². The van der Waals surface area contributed by atoms with Crippen molar-refractivity contribution in [2.75, 3.05) is 10.6 Å². The molecule has 0 spiro atoms. The fourth-order valence-electron chi connectivity index (χ4n) is 3.08. The van der Waals surface area contributed by atoms with Gasteiger partial charge in [-0.25, -0.2) is 4.98 Å². The number of hydrogen-bond acceptors (Lipinski definition) is 3. The van der Waals surface area contributed by atoms with Crippen LogP contribution in [0.4, 0.5) is 11.4 Å². The van der Waals surface area contributed by atoms with E-state index in [-0.39, 0.29) is 5.41 Å². The smallest absolute Gasteiger partial charge is 0.243 e. The van der Waals surface area contributed by atoms with Gasteiger partial charge in [0.1, 0.15) is 11.4 Å². The van der Waals surface area contributed by atoms with Crippen LogP contribution in [0.15, 0.2) is 60.8 Å². The maximum Gasteiger partial charge on any atom is 0.243 e. The highest BCUT2D eigenvalue weighted by atomic mass is 32.1. The van der Waals surface area contributed by atoms with E-state index >= 15 is 0 Å². The highest BCUT2D eigenvalue weighted by molar-refractivity contribution is 7.80. The van der Waals surface area contributed by atoms with E-state index in [1.54, 1.807) is 6.20 Å². The average Bonchev–Trinajstić information content (AvgIpc) is 2.65. The molecule has 5 heteroatoms. The van der Waals surface area contributed by atoms with Gasteiger partial charge in [-0.1, -0.05) is 56.7 Å². The van der Waals surface area contributed by atoms with Crippen molar-refractivity contribution >= 4 is 28.7 Å². The summed E-state index contributed by atoms with van der Waals surface area (Å²) in [5.41, 5.74) is 5.10. The summed E-state index contributed by atoms with van der Waals surface area (Å²) in [4.78, 5) is 4.41. The van der Waals surface area contributed by atoms with Gasteiger partial charge in [-0.3, -0.25) is 0 Å². The van der Waals surface area contributed by atoms with Crippen LogP contribution in [0.3, 0.4) is 0 Å². The zero-order valence-electron chi connectivity index (χ0n) is 17.5. The molecule has 0 unspecified atom stereocenters. The summed E-state index contributed by atoms with van der Waals surface area (Å²) in [5.74, 6) is 1.27. The Hall–Kier alpha value is -2.92. The fraction of sp³-hybridized carbons (Fsp3) is 0.250. The Balaban J connectivity index is 1.80. The number of rotatable bonds is 4. The van der Waals surface area contributed by atoms with Crippen LogP contribution in [-0.2, 0) is 5.41 Å². The highest BCUT2D eigenvalue weighted by Gasteiger charge is 2.20. The van der Waals surface area contributed by atoms with E-state index < -0.39 is 0 Å². The van der Waals surface area contributed by atoms with E-state index in [1.807, 2.05) is 36.4 Å². The molecule has 0 saturated carbocycles. The molecule has 0 radical (unpaired) electrons. The predicted molar refractivity (Wildman–Crippen MR) is 125 cm³/mol. The Labute approximate surface area is 178 Å². The second-order valence-electron chi connectivity index (χ2n) is 8.10. The molecule has 1 aromatic heterocycles. The summed E-state index contributed by atoms with van der Waals surface area (Å²) >= 11 is 5.51. The molecule has 0 saturated heterocycles. The normalized spacial score (nSPS) is 11.1. The number of benzene rings is 2. The lowest BCUT2D eigenvalue weighted by Gasteiger charge is -2.23. The van der Waals surface area contributed by atoms with Gasteiger partial charge in [-0.05, 0) is 61.3 Å². The van der Waals surface area contributed by atoms with Crippen LogP contribution in [-0.4, -0.2) is 10.1 Å². The van der Waals surface area contributed by atoms with E-state index in [1.165, 1.54) is 5.56 Å². The molecule has 0 atom stereocenters. The molecule has 3 aromatic rings. The van der Waals surface area contributed by atoms with Gasteiger partial charge in [0.2, 0.25) is 5.88 Å². The summed E-state index contributed by atoms with van der Waals surface area (Å²) in [6.07, 6.45) is 1.71. The molecule has 3 rings (SSSR count). The minimum atomic E-state index is -0.0429. The lowest BCUT2D eigenvalue weighted by molar-refractivity contribution is 0.442. The van der Waals surface area contributed by atoms with E-state index in [0.29, 0.717) is 16.7 Å². The SMILES string of the molecule is Cc1ccc(NC(=S)Nc2cccnc2Oc2ccccc2C(C)(C)C)c(C)c1. The third kappa shape index (κ3) is 5.33. The third-order valence-corrected chi connectivity index (χ3v) is 4.76. The third-order valence-electron chi connectivity index (χ3n) is 4.55. The number of nitrogens with zero attached hydrogens (tertiary/aromatic N) is 1. The number of aryl methyl sites for hydroxylation is 2. The first-order chi connectivity index (χ1) is 13.7. The van der Waals surface area contributed by atoms with E-state index in [0.717, 1.165) is 22.6 Å². The van der Waals surface area contributed by atoms with Crippen molar-refractivity contribution in [1.29, 1.82) is 0 Å². The first-order valence-corrected chi connectivity index (χ1v) is 10.0. The van der Waals surface area contributed by atoms with Crippen molar-refractivity contribution in [3.63, 3.8) is 0 Å². The van der Waals surface area contributed by atoms with Crippen LogP contribution in [0.25, 0.3) is 0 Å². The van der Waals surface area contributed by atoms with Crippen LogP contribution < -0.4 is 15.4 Å². The Kier molecular flexibility index (Phi) is 6.18. The summed E-state index contributed by atoms with van der Waals surface area (Å²) in [6, 6.07) is 18.0. The molecule has 2 aromatic carbocycles. The maximum absolute atomic E-state index is 6.20. The van der Waals surface area contributed by atoms with Crippen molar-refractivity contribution in [3.05, 3.63) is 77.5 Å². The standard InChI is InChI=1S/C24H27N3OS/c1-16-12-13-19(17(2)15-16)26-23(29)27-20-10-8-14-25-22(20)28-21-11-7-6-9-18(21)24(3,4)5/h6-15H,1-5H3,(H2,26,27,29). The summed E-state index contributed by atoms with van der Waals surface area (Å²) in [7, 11) is 0. The molecule has 1 heterocycles. The molecule has 150 valence electrons. The van der Waals surface area contributed by atoms with Gasteiger partial charge in [0.05, 0.1) is 0 Å². The summed E-state index contributed by atoms with van der Waals surface area (Å²) < 4.78 is 6.20. The number of ether oxygens (including phenoxy) is 1. The van der Waals surface area contributed by atoms with E-state index in [4.69, 9.17) is 17.0 Å². The summed E-state index contributed by atoms with van der Waals surface area (Å²) in [5, 5.41) is 6.95. The Morgan fingerprint density at radius 3 is 2.38 bits per heavy atom. The van der Waals surface area contributed by atoms with E-state index in [9.17, 15) is 0 Å². The minimum Gasteiger partial charge on any atom is -0.437 e. The molecular formula is C24H27N3OS. The van der Waals surface area contributed by atoms with E-state index in [2.05, 4.69) is 68.4 Å². The predicted octanol–water partition coefficient (Wildman–Crippen LogP) is 6.60. The molecular weight excluding hydrogens is 378 g/mol. The first-order valence-electron chi connectivity index (χ1n) is 9.61. The molecule has 0 amide bonds. The van der Waals surface area contributed by atoms with Gasteiger partial charge < -0.3 is 15.4 Å². The highest BCUT2D eigenvalue weighted by Crippen LogP contribution is 2.35. The van der Waals surface area contributed by atoms with Crippen molar-refractivity contribution in [3.8, 4) is 11.6 Å². The van der Waals surface area contributed by atoms with Gasteiger partial charge in [0.25, 0.3) is 0 Å². The van der Waals surface area contributed by atoms with Crippen LogP contribution in [0, 0.1) is 13.8 Å². The van der Waals surface area contributed by atoms with Crippen LogP contribution >= 0.6 is 12.2 Å². The monoisotopic (exact) mass is 405 g/mol. The van der Waals surface area contributed by atoms with Gasteiger partial charge in [-0.2, -0.15) is 0 Å².